The molecule has 0 aromatic heterocycles. The van der Waals surface area contributed by atoms with Crippen LogP contribution in [0, 0.1) is 5.92 Å². The minimum absolute atomic E-state index is 0.499. The van der Waals surface area contributed by atoms with E-state index in [4.69, 9.17) is 0 Å². The fraction of sp³-hybridized carbons (Fsp3) is 0.667. The molecule has 1 saturated carbocycles. The monoisotopic (exact) mass is 272 g/mol. The van der Waals surface area contributed by atoms with Crippen molar-refractivity contribution in [3.05, 3.63) is 35.9 Å². The van der Waals surface area contributed by atoms with E-state index in [1.165, 1.54) is 57.2 Å². The third-order valence-electron chi connectivity index (χ3n) is 5.38. The van der Waals surface area contributed by atoms with Crippen LogP contribution < -0.4 is 5.32 Å². The molecule has 0 amide bonds. The van der Waals surface area contributed by atoms with Gasteiger partial charge in [0.15, 0.2) is 0 Å². The van der Waals surface area contributed by atoms with Gasteiger partial charge in [-0.05, 0) is 50.8 Å². The maximum Gasteiger partial charge on any atom is 0.0329 e. The Morgan fingerprint density at radius 3 is 2.75 bits per heavy atom. The van der Waals surface area contributed by atoms with E-state index < -0.39 is 0 Å². The maximum atomic E-state index is 3.49. The average molecular weight is 272 g/mol. The van der Waals surface area contributed by atoms with Gasteiger partial charge < -0.3 is 10.2 Å². The number of likely N-dealkylation sites (tertiary alicyclic amines) is 1. The van der Waals surface area contributed by atoms with Gasteiger partial charge in [-0.3, -0.25) is 0 Å². The highest BCUT2D eigenvalue weighted by atomic mass is 15.2. The predicted octanol–water partition coefficient (Wildman–Crippen LogP) is 3.60. The third kappa shape index (κ3) is 3.07. The first-order chi connectivity index (χ1) is 9.88. The van der Waals surface area contributed by atoms with Crippen molar-refractivity contribution >= 4 is 0 Å². The van der Waals surface area contributed by atoms with E-state index in [0.29, 0.717) is 6.04 Å². The third-order valence-corrected chi connectivity index (χ3v) is 5.38. The molecule has 2 nitrogen and oxygen atoms in total. The van der Waals surface area contributed by atoms with E-state index in [2.05, 4.69) is 47.6 Å². The van der Waals surface area contributed by atoms with Crippen LogP contribution in [-0.2, 0) is 0 Å². The van der Waals surface area contributed by atoms with Crippen LogP contribution in [0.5, 0.6) is 0 Å². The second kappa shape index (κ2) is 6.73. The lowest BCUT2D eigenvalue weighted by Gasteiger charge is -2.32. The number of fused-ring (bicyclic) bond motifs is 1. The summed E-state index contributed by atoms with van der Waals surface area (Å²) in [5.74, 6) is 1.01. The first-order valence-electron chi connectivity index (χ1n) is 8.35. The number of hydrogen-bond acceptors (Lipinski definition) is 2. The molecule has 3 rings (SSSR count). The summed E-state index contributed by atoms with van der Waals surface area (Å²) in [6.45, 7) is 2.59. The fourth-order valence-corrected chi connectivity index (χ4v) is 4.24. The largest absolute Gasteiger partial charge is 0.313 e. The molecule has 1 heterocycles. The molecule has 0 radical (unpaired) electrons. The van der Waals surface area contributed by atoms with Gasteiger partial charge in [-0.15, -0.1) is 0 Å². The maximum absolute atomic E-state index is 3.49. The van der Waals surface area contributed by atoms with E-state index in [0.717, 1.165) is 12.0 Å². The molecular weight excluding hydrogens is 244 g/mol. The van der Waals surface area contributed by atoms with Gasteiger partial charge in [0.1, 0.15) is 0 Å². The zero-order valence-corrected chi connectivity index (χ0v) is 12.7. The Kier molecular flexibility index (Phi) is 4.74. The smallest absolute Gasteiger partial charge is 0.0329 e. The summed E-state index contributed by atoms with van der Waals surface area (Å²) in [7, 11) is 2.09. The average Bonchev–Trinajstić information content (AvgIpc) is 2.92. The summed E-state index contributed by atoms with van der Waals surface area (Å²) >= 11 is 0. The van der Waals surface area contributed by atoms with Gasteiger partial charge in [-0.25, -0.2) is 0 Å². The van der Waals surface area contributed by atoms with Crippen LogP contribution in [0.4, 0.5) is 0 Å². The van der Waals surface area contributed by atoms with Crippen molar-refractivity contribution in [2.45, 2.75) is 50.6 Å². The molecule has 1 aromatic carbocycles. The molecule has 20 heavy (non-hydrogen) atoms. The van der Waals surface area contributed by atoms with Gasteiger partial charge in [0.2, 0.25) is 0 Å². The predicted molar refractivity (Wildman–Crippen MR) is 84.8 cm³/mol. The quantitative estimate of drug-likeness (QED) is 0.881. The van der Waals surface area contributed by atoms with Gasteiger partial charge in [-0.2, -0.15) is 0 Å². The van der Waals surface area contributed by atoms with Crippen molar-refractivity contribution in [2.75, 3.05) is 20.1 Å². The number of benzene rings is 1. The molecule has 0 spiro atoms. The molecule has 1 aromatic rings. The van der Waals surface area contributed by atoms with Crippen LogP contribution in [0.3, 0.4) is 0 Å². The lowest BCUT2D eigenvalue weighted by atomic mass is 9.85. The van der Waals surface area contributed by atoms with Crippen molar-refractivity contribution in [1.82, 2.24) is 10.2 Å². The van der Waals surface area contributed by atoms with Crippen LogP contribution in [0.2, 0.25) is 0 Å². The van der Waals surface area contributed by atoms with Gasteiger partial charge in [0.25, 0.3) is 0 Å². The molecule has 1 saturated heterocycles. The Morgan fingerprint density at radius 2 is 1.95 bits per heavy atom. The summed E-state index contributed by atoms with van der Waals surface area (Å²) in [4.78, 5) is 2.77. The minimum atomic E-state index is 0.499. The SMILES string of the molecule is CNC(CCN1CCC2CCCCC21)c1ccccc1. The van der Waals surface area contributed by atoms with Gasteiger partial charge in [0, 0.05) is 18.6 Å². The Labute approximate surface area is 123 Å². The zero-order chi connectivity index (χ0) is 13.8. The highest BCUT2D eigenvalue weighted by molar-refractivity contribution is 5.18. The summed E-state index contributed by atoms with van der Waals surface area (Å²) in [5.41, 5.74) is 1.43. The number of nitrogens with one attached hydrogen (secondary N) is 1. The van der Waals surface area contributed by atoms with Crippen molar-refractivity contribution in [2.24, 2.45) is 5.92 Å². The molecule has 2 aliphatic rings. The normalized spacial score (nSPS) is 28.2. The lowest BCUT2D eigenvalue weighted by molar-refractivity contribution is 0.176. The molecule has 1 N–H and O–H groups in total. The van der Waals surface area contributed by atoms with E-state index in [9.17, 15) is 0 Å². The summed E-state index contributed by atoms with van der Waals surface area (Å²) in [6, 6.07) is 12.3. The van der Waals surface area contributed by atoms with E-state index in [1.807, 2.05) is 0 Å². The van der Waals surface area contributed by atoms with Crippen molar-refractivity contribution < 1.29 is 0 Å². The number of nitrogens with zero attached hydrogens (tertiary/aromatic N) is 1. The minimum Gasteiger partial charge on any atom is -0.313 e. The fourth-order valence-electron chi connectivity index (χ4n) is 4.24. The molecule has 2 fully saturated rings. The van der Waals surface area contributed by atoms with Gasteiger partial charge in [0.05, 0.1) is 0 Å². The standard InChI is InChI=1S/C18H28N2/c1-19-17(15-7-3-2-4-8-15)12-14-20-13-11-16-9-5-6-10-18(16)20/h2-4,7-8,16-19H,5-6,9-14H2,1H3. The van der Waals surface area contributed by atoms with Crippen LogP contribution in [0.25, 0.3) is 0 Å². The van der Waals surface area contributed by atoms with Crippen molar-refractivity contribution in [3.63, 3.8) is 0 Å². The summed E-state index contributed by atoms with van der Waals surface area (Å²) in [5, 5.41) is 3.49. The molecule has 0 bridgehead atoms. The Morgan fingerprint density at radius 1 is 1.15 bits per heavy atom. The van der Waals surface area contributed by atoms with Gasteiger partial charge >= 0.3 is 0 Å². The molecule has 2 heteroatoms. The second-order valence-electron chi connectivity index (χ2n) is 6.48. The van der Waals surface area contributed by atoms with Crippen molar-refractivity contribution in [3.8, 4) is 0 Å². The highest BCUT2D eigenvalue weighted by Crippen LogP contribution is 2.36. The van der Waals surface area contributed by atoms with Crippen LogP contribution in [-0.4, -0.2) is 31.1 Å². The topological polar surface area (TPSA) is 15.3 Å². The van der Waals surface area contributed by atoms with E-state index in [1.54, 1.807) is 0 Å². The first kappa shape index (κ1) is 14.1. The first-order valence-corrected chi connectivity index (χ1v) is 8.35. The Balaban J connectivity index is 1.56. The number of hydrogen-bond donors (Lipinski definition) is 1. The van der Waals surface area contributed by atoms with Crippen molar-refractivity contribution in [1.29, 1.82) is 0 Å². The molecule has 110 valence electrons. The molecule has 1 aliphatic heterocycles. The summed E-state index contributed by atoms with van der Waals surface area (Å²) < 4.78 is 0. The highest BCUT2D eigenvalue weighted by Gasteiger charge is 2.35. The molecule has 1 aliphatic carbocycles. The van der Waals surface area contributed by atoms with E-state index in [-0.39, 0.29) is 0 Å². The Hall–Kier alpha value is -0.860. The molecule has 3 unspecified atom stereocenters. The van der Waals surface area contributed by atoms with Crippen LogP contribution in [0.15, 0.2) is 30.3 Å². The molecular formula is C18H28N2. The lowest BCUT2D eigenvalue weighted by Crippen LogP contribution is -2.36. The summed E-state index contributed by atoms with van der Waals surface area (Å²) in [6.07, 6.45) is 8.52. The van der Waals surface area contributed by atoms with E-state index >= 15 is 0 Å². The van der Waals surface area contributed by atoms with Crippen LogP contribution >= 0.6 is 0 Å². The Bertz CT molecular complexity index is 403. The van der Waals surface area contributed by atoms with Crippen LogP contribution in [0.1, 0.15) is 50.1 Å². The molecule has 3 atom stereocenters. The second-order valence-corrected chi connectivity index (χ2v) is 6.48. The number of rotatable bonds is 5. The zero-order valence-electron chi connectivity index (χ0n) is 12.7. The van der Waals surface area contributed by atoms with Gasteiger partial charge in [-0.1, -0.05) is 43.2 Å².